The minimum Gasteiger partial charge on any atom is -0.490 e. The number of benzene rings is 2. The number of ether oxygens (including phenoxy) is 3. The van der Waals surface area contributed by atoms with Crippen LogP contribution in [0.5, 0.6) is 5.75 Å². The zero-order valence-corrected chi connectivity index (χ0v) is 30.5. The smallest absolute Gasteiger partial charge is 0.408 e. The fourth-order valence-electron chi connectivity index (χ4n) is 8.10. The Kier molecular flexibility index (Phi) is 9.59. The van der Waals surface area contributed by atoms with Gasteiger partial charge in [0, 0.05) is 42.6 Å². The summed E-state index contributed by atoms with van der Waals surface area (Å²) in [5.74, 6) is 0.144. The number of hydrogen-bond acceptors (Lipinski definition) is 9. The van der Waals surface area contributed by atoms with Crippen LogP contribution in [0, 0.1) is 11.8 Å². The highest BCUT2D eigenvalue weighted by Crippen LogP contribution is 2.47. The Labute approximate surface area is 299 Å². The fourth-order valence-corrected chi connectivity index (χ4v) is 9.42. The van der Waals surface area contributed by atoms with Gasteiger partial charge in [0.15, 0.2) is 0 Å². The molecule has 2 bridgehead atoms. The third kappa shape index (κ3) is 6.83. The number of likely N-dealkylation sites (N-methyl/N-ethyl adjacent to an activating group) is 1. The maximum atomic E-state index is 13.8. The van der Waals surface area contributed by atoms with Crippen LogP contribution in [0.2, 0.25) is 5.02 Å². The van der Waals surface area contributed by atoms with Gasteiger partial charge in [0.05, 0.1) is 35.4 Å². The first-order valence-electron chi connectivity index (χ1n) is 17.7. The predicted molar refractivity (Wildman–Crippen MR) is 190 cm³/mol. The van der Waals surface area contributed by atoms with E-state index in [2.05, 4.69) is 27.1 Å². The average Bonchev–Trinajstić information content (AvgIpc) is 3.51. The summed E-state index contributed by atoms with van der Waals surface area (Å²) in [6.45, 7) is 6.43. The summed E-state index contributed by atoms with van der Waals surface area (Å²) in [4.78, 5) is 30.7. The highest BCUT2D eigenvalue weighted by Gasteiger charge is 2.45. The molecule has 1 saturated carbocycles. The molecule has 1 spiro atoms. The normalized spacial score (nSPS) is 31.2. The topological polar surface area (TPSA) is 127 Å². The molecule has 1 saturated heterocycles. The molecule has 3 heterocycles. The van der Waals surface area contributed by atoms with E-state index in [1.54, 1.807) is 37.9 Å². The maximum Gasteiger partial charge on any atom is 0.408 e. The Morgan fingerprint density at radius 1 is 1.14 bits per heavy atom. The van der Waals surface area contributed by atoms with E-state index in [1.165, 1.54) is 17.2 Å². The van der Waals surface area contributed by atoms with E-state index < -0.39 is 33.7 Å². The van der Waals surface area contributed by atoms with Gasteiger partial charge in [-0.25, -0.2) is 17.9 Å². The molecule has 0 unspecified atom stereocenters. The number of anilines is 1. The summed E-state index contributed by atoms with van der Waals surface area (Å²) in [6.07, 6.45) is 8.24. The molecule has 2 aromatic rings. The molecule has 5 aliphatic rings. The van der Waals surface area contributed by atoms with Crippen molar-refractivity contribution >= 4 is 39.3 Å². The number of carbonyl (C=O) groups excluding carboxylic acids is 2. The lowest BCUT2D eigenvalue weighted by Gasteiger charge is -2.46. The van der Waals surface area contributed by atoms with Crippen molar-refractivity contribution in [2.75, 3.05) is 51.4 Å². The van der Waals surface area contributed by atoms with E-state index in [1.807, 2.05) is 18.2 Å². The minimum absolute atomic E-state index is 0.00523. The van der Waals surface area contributed by atoms with Crippen LogP contribution in [0.4, 0.5) is 10.5 Å². The number of alkyl carbamates (subject to hydrolysis) is 1. The van der Waals surface area contributed by atoms with Gasteiger partial charge in [0.2, 0.25) is 0 Å². The first kappa shape index (κ1) is 35.1. The van der Waals surface area contributed by atoms with Gasteiger partial charge in [0.1, 0.15) is 11.9 Å². The zero-order valence-electron chi connectivity index (χ0n) is 29.0. The highest BCUT2D eigenvalue weighted by atomic mass is 35.5. The Morgan fingerprint density at radius 2 is 1.98 bits per heavy atom. The molecule has 0 radical (unpaired) electrons. The van der Waals surface area contributed by atoms with Gasteiger partial charge < -0.3 is 24.4 Å². The fraction of sp³-hybridized carbons (Fsp3) is 0.568. The van der Waals surface area contributed by atoms with E-state index >= 15 is 0 Å². The molecule has 3 aliphatic heterocycles. The Bertz CT molecular complexity index is 1780. The number of nitrogens with zero attached hydrogens (tertiary/aromatic N) is 2. The van der Waals surface area contributed by atoms with Gasteiger partial charge in [-0.15, -0.1) is 0 Å². The van der Waals surface area contributed by atoms with Gasteiger partial charge in [-0.3, -0.25) is 9.69 Å². The van der Waals surface area contributed by atoms with Crippen molar-refractivity contribution in [2.45, 2.75) is 80.4 Å². The van der Waals surface area contributed by atoms with E-state index in [9.17, 15) is 18.0 Å². The summed E-state index contributed by atoms with van der Waals surface area (Å²) in [7, 11) is -2.45. The first-order chi connectivity index (χ1) is 23.8. The number of sulfonamides is 1. The Morgan fingerprint density at radius 3 is 2.74 bits per heavy atom. The van der Waals surface area contributed by atoms with Crippen LogP contribution in [0.3, 0.4) is 0 Å². The number of amides is 2. The summed E-state index contributed by atoms with van der Waals surface area (Å²) >= 11 is 6.44. The van der Waals surface area contributed by atoms with Crippen LogP contribution >= 0.6 is 11.6 Å². The van der Waals surface area contributed by atoms with Crippen LogP contribution in [-0.4, -0.2) is 89.5 Å². The molecule has 13 heteroatoms. The number of fused-ring (bicyclic) bond motifs is 4. The molecule has 2 aromatic carbocycles. The van der Waals surface area contributed by atoms with Gasteiger partial charge in [-0.2, -0.15) is 0 Å². The lowest BCUT2D eigenvalue weighted by Crippen LogP contribution is -2.54. The van der Waals surface area contributed by atoms with Crippen LogP contribution in [-0.2, 0) is 36.1 Å². The standard InChI is InChI=1S/C37H47ClN4O7S/c1-36(2)34(43)40-50(45,46)28-10-13-33-31(19-28)42(22-37(23-48-33)15-4-6-24-18-26(38)9-12-30(24)37)20-25-8-11-29(25)32(7-5-16-41(36)3)49-35(44)39-27-14-17-47-21-27/h5,7,9-10,12-13,18-19,25,27,29,32H,4,6,8,11,14-17,20-23H2,1-3H3,(H,39,44)(H,40,43)/b7-5-/t25-,27-,29+,32-,37-/m0/s1. The maximum absolute atomic E-state index is 13.8. The SMILES string of the molecule is CN1C/C=C\[C@H](OC(=O)N[C@H]2CCOC2)[C@@H]2CC[C@H]2CN2C[C@@]3(CCCc4cc(Cl)ccc43)COc3ccc(cc32)S(=O)(=O)NC(=O)C1(C)C. The van der Waals surface area contributed by atoms with Crippen molar-refractivity contribution in [1.29, 1.82) is 0 Å². The van der Waals surface area contributed by atoms with E-state index in [0.29, 0.717) is 55.9 Å². The largest absolute Gasteiger partial charge is 0.490 e. The van der Waals surface area contributed by atoms with Gasteiger partial charge in [-0.05, 0) is 113 Å². The molecule has 5 atom stereocenters. The first-order valence-corrected chi connectivity index (χ1v) is 19.5. The molecule has 2 fully saturated rings. The molecule has 2 aliphatic carbocycles. The van der Waals surface area contributed by atoms with Crippen molar-refractivity contribution in [2.24, 2.45) is 11.8 Å². The summed E-state index contributed by atoms with van der Waals surface area (Å²) in [5, 5.41) is 3.67. The second kappa shape index (κ2) is 13.7. The number of nitrogens with one attached hydrogen (secondary N) is 2. The molecule has 50 heavy (non-hydrogen) atoms. The molecule has 270 valence electrons. The van der Waals surface area contributed by atoms with E-state index in [-0.39, 0.29) is 28.2 Å². The van der Waals surface area contributed by atoms with Crippen LogP contribution in [0.15, 0.2) is 53.4 Å². The molecule has 2 N–H and O–H groups in total. The van der Waals surface area contributed by atoms with Crippen molar-refractivity contribution < 1.29 is 32.2 Å². The number of carbonyl (C=O) groups is 2. The summed E-state index contributed by atoms with van der Waals surface area (Å²) in [5.41, 5.74) is 1.57. The quantitative estimate of drug-likeness (QED) is 0.420. The van der Waals surface area contributed by atoms with E-state index in [4.69, 9.17) is 25.8 Å². The van der Waals surface area contributed by atoms with Crippen LogP contribution < -0.4 is 19.7 Å². The third-order valence-electron chi connectivity index (χ3n) is 11.6. The zero-order chi connectivity index (χ0) is 35.3. The Balaban J connectivity index is 1.28. The third-order valence-corrected chi connectivity index (χ3v) is 13.2. The van der Waals surface area contributed by atoms with Crippen molar-refractivity contribution in [3.8, 4) is 5.75 Å². The van der Waals surface area contributed by atoms with Crippen molar-refractivity contribution in [3.05, 3.63) is 64.7 Å². The van der Waals surface area contributed by atoms with Crippen molar-refractivity contribution in [3.63, 3.8) is 0 Å². The predicted octanol–water partition coefficient (Wildman–Crippen LogP) is 4.81. The number of rotatable bonds is 2. The van der Waals surface area contributed by atoms with Gasteiger partial charge in [-0.1, -0.05) is 23.7 Å². The summed E-state index contributed by atoms with van der Waals surface area (Å²) in [6, 6.07) is 10.9. The lowest BCUT2D eigenvalue weighted by atomic mass is 9.68. The molecule has 0 aromatic heterocycles. The monoisotopic (exact) mass is 726 g/mol. The van der Waals surface area contributed by atoms with Crippen LogP contribution in [0.1, 0.15) is 57.1 Å². The summed E-state index contributed by atoms with van der Waals surface area (Å²) < 4.78 is 48.0. The average molecular weight is 727 g/mol. The second-order valence-electron chi connectivity index (χ2n) is 15.1. The molecule has 7 rings (SSSR count). The van der Waals surface area contributed by atoms with Gasteiger partial charge >= 0.3 is 6.09 Å². The molecular formula is C37H47ClN4O7S. The minimum atomic E-state index is -4.21. The second-order valence-corrected chi connectivity index (χ2v) is 17.2. The lowest BCUT2D eigenvalue weighted by molar-refractivity contribution is -0.128. The number of halogens is 1. The van der Waals surface area contributed by atoms with E-state index in [0.717, 1.165) is 38.5 Å². The highest BCUT2D eigenvalue weighted by molar-refractivity contribution is 7.90. The number of aryl methyl sites for hydroxylation is 1. The van der Waals surface area contributed by atoms with Crippen molar-refractivity contribution in [1.82, 2.24) is 14.9 Å². The number of hydrogen-bond donors (Lipinski definition) is 2. The Hall–Kier alpha value is -3.32. The van der Waals surface area contributed by atoms with Crippen LogP contribution in [0.25, 0.3) is 0 Å². The molecule has 11 nitrogen and oxygen atoms in total. The molecular weight excluding hydrogens is 680 g/mol. The molecule has 2 amide bonds. The van der Waals surface area contributed by atoms with Gasteiger partial charge in [0.25, 0.3) is 15.9 Å².